The fraction of sp³-hybridized carbons (Fsp3) is 0.500. The summed E-state index contributed by atoms with van der Waals surface area (Å²) < 4.78 is 4.55. The van der Waals surface area contributed by atoms with Crippen LogP contribution in [0.5, 0.6) is 0 Å². The van der Waals surface area contributed by atoms with Crippen LogP contribution in [-0.4, -0.2) is 36.9 Å². The first-order chi connectivity index (χ1) is 8.89. The molecular formula is C14H20N2O3. The van der Waals surface area contributed by atoms with E-state index in [9.17, 15) is 9.59 Å². The average molecular weight is 264 g/mol. The number of carbonyl (C=O) groups excluding carboxylic acids is 2. The first-order valence-electron chi connectivity index (χ1n) is 6.14. The SMILES string of the molecule is CC(C)(C)OC=O.CN1CCc2c1ccnc2C=O. The van der Waals surface area contributed by atoms with Gasteiger partial charge in [0.1, 0.15) is 11.3 Å². The van der Waals surface area contributed by atoms with Gasteiger partial charge in [0.05, 0.1) is 0 Å². The van der Waals surface area contributed by atoms with Crippen molar-refractivity contribution in [1.29, 1.82) is 0 Å². The van der Waals surface area contributed by atoms with Gasteiger partial charge in [-0.25, -0.2) is 0 Å². The molecule has 1 aromatic heterocycles. The van der Waals surface area contributed by atoms with E-state index in [1.54, 1.807) is 6.20 Å². The smallest absolute Gasteiger partial charge is 0.293 e. The molecule has 0 spiro atoms. The summed E-state index contributed by atoms with van der Waals surface area (Å²) in [5, 5.41) is 0. The lowest BCUT2D eigenvalue weighted by Gasteiger charge is -2.14. The maximum Gasteiger partial charge on any atom is 0.293 e. The van der Waals surface area contributed by atoms with Crippen LogP contribution < -0.4 is 4.90 Å². The fourth-order valence-electron chi connectivity index (χ4n) is 1.76. The number of carbonyl (C=O) groups is 2. The van der Waals surface area contributed by atoms with E-state index in [0.29, 0.717) is 12.2 Å². The van der Waals surface area contributed by atoms with Gasteiger partial charge in [0.25, 0.3) is 6.47 Å². The van der Waals surface area contributed by atoms with Crippen molar-refractivity contribution < 1.29 is 14.3 Å². The molecule has 104 valence electrons. The van der Waals surface area contributed by atoms with Gasteiger partial charge in [-0.05, 0) is 33.3 Å². The molecule has 2 rings (SSSR count). The second-order valence-electron chi connectivity index (χ2n) is 5.31. The highest BCUT2D eigenvalue weighted by atomic mass is 16.5. The molecule has 0 aliphatic carbocycles. The zero-order valence-corrected chi connectivity index (χ0v) is 11.8. The maximum atomic E-state index is 10.6. The molecule has 0 unspecified atom stereocenters. The highest BCUT2D eigenvalue weighted by Gasteiger charge is 2.18. The molecule has 0 radical (unpaired) electrons. The second-order valence-corrected chi connectivity index (χ2v) is 5.31. The second kappa shape index (κ2) is 6.31. The number of rotatable bonds is 2. The van der Waals surface area contributed by atoms with Crippen molar-refractivity contribution in [2.45, 2.75) is 32.8 Å². The van der Waals surface area contributed by atoms with Crippen molar-refractivity contribution in [2.24, 2.45) is 0 Å². The molecule has 1 aliphatic rings. The minimum atomic E-state index is -0.318. The number of ether oxygens (including phenoxy) is 1. The molecule has 0 saturated carbocycles. The third-order valence-corrected chi connectivity index (χ3v) is 2.69. The highest BCUT2D eigenvalue weighted by Crippen LogP contribution is 2.26. The van der Waals surface area contributed by atoms with E-state index in [0.717, 1.165) is 30.5 Å². The Bertz CT molecular complexity index is 452. The van der Waals surface area contributed by atoms with Crippen LogP contribution >= 0.6 is 0 Å². The van der Waals surface area contributed by atoms with Crippen LogP contribution in [0.2, 0.25) is 0 Å². The zero-order valence-electron chi connectivity index (χ0n) is 11.8. The van der Waals surface area contributed by atoms with Gasteiger partial charge in [0.15, 0.2) is 6.29 Å². The van der Waals surface area contributed by atoms with Crippen molar-refractivity contribution in [2.75, 3.05) is 18.5 Å². The van der Waals surface area contributed by atoms with Crippen LogP contribution in [0.1, 0.15) is 36.8 Å². The molecule has 0 fully saturated rings. The van der Waals surface area contributed by atoms with Gasteiger partial charge in [-0.15, -0.1) is 0 Å². The molecule has 5 heteroatoms. The Labute approximate surface area is 113 Å². The van der Waals surface area contributed by atoms with E-state index in [2.05, 4.69) is 14.6 Å². The summed E-state index contributed by atoms with van der Waals surface area (Å²) in [5.74, 6) is 0. The Morgan fingerprint density at radius 3 is 2.53 bits per heavy atom. The zero-order chi connectivity index (χ0) is 14.5. The summed E-state index contributed by atoms with van der Waals surface area (Å²) in [5.41, 5.74) is 2.51. The quantitative estimate of drug-likeness (QED) is 0.763. The van der Waals surface area contributed by atoms with Crippen molar-refractivity contribution in [1.82, 2.24) is 4.98 Å². The van der Waals surface area contributed by atoms with Gasteiger partial charge < -0.3 is 9.64 Å². The highest BCUT2D eigenvalue weighted by molar-refractivity contribution is 5.79. The average Bonchev–Trinajstić information content (AvgIpc) is 2.71. The lowest BCUT2D eigenvalue weighted by atomic mass is 10.1. The van der Waals surface area contributed by atoms with Crippen LogP contribution in [-0.2, 0) is 16.0 Å². The summed E-state index contributed by atoms with van der Waals surface area (Å²) in [6.07, 6.45) is 3.45. The molecule has 0 saturated heterocycles. The molecule has 0 N–H and O–H groups in total. The van der Waals surface area contributed by atoms with E-state index in [1.165, 1.54) is 0 Å². The summed E-state index contributed by atoms with van der Waals surface area (Å²) in [6, 6.07) is 1.95. The molecule has 0 amide bonds. The number of aromatic nitrogens is 1. The van der Waals surface area contributed by atoms with Crippen LogP contribution in [0, 0.1) is 0 Å². The monoisotopic (exact) mass is 264 g/mol. The summed E-state index contributed by atoms with van der Waals surface area (Å²) in [4.78, 5) is 26.3. The number of aldehydes is 1. The Balaban J connectivity index is 0.000000224. The number of hydrogen-bond acceptors (Lipinski definition) is 5. The van der Waals surface area contributed by atoms with Gasteiger partial charge in [-0.2, -0.15) is 0 Å². The number of pyridine rings is 1. The van der Waals surface area contributed by atoms with Crippen molar-refractivity contribution in [3.05, 3.63) is 23.5 Å². The Morgan fingerprint density at radius 2 is 2.05 bits per heavy atom. The van der Waals surface area contributed by atoms with E-state index in [1.807, 2.05) is 33.9 Å². The maximum absolute atomic E-state index is 10.6. The summed E-state index contributed by atoms with van der Waals surface area (Å²) in [6.45, 7) is 6.91. The minimum Gasteiger partial charge on any atom is -0.462 e. The standard InChI is InChI=1S/C9H10N2O.C5H10O2/c1-11-5-3-7-8(6-12)10-4-2-9(7)11;1-5(2,3)7-4-6/h2,4,6H,3,5H2,1H3;4H,1-3H3. The number of hydrogen-bond donors (Lipinski definition) is 0. The molecule has 0 aromatic carbocycles. The van der Waals surface area contributed by atoms with E-state index >= 15 is 0 Å². The van der Waals surface area contributed by atoms with Crippen LogP contribution in [0.25, 0.3) is 0 Å². The van der Waals surface area contributed by atoms with Crippen molar-refractivity contribution >= 4 is 18.4 Å². The van der Waals surface area contributed by atoms with Crippen LogP contribution in [0.15, 0.2) is 12.3 Å². The third-order valence-electron chi connectivity index (χ3n) is 2.69. The lowest BCUT2D eigenvalue weighted by molar-refractivity contribution is -0.138. The van der Waals surface area contributed by atoms with Crippen molar-refractivity contribution in [3.63, 3.8) is 0 Å². The molecule has 19 heavy (non-hydrogen) atoms. The topological polar surface area (TPSA) is 59.5 Å². The summed E-state index contributed by atoms with van der Waals surface area (Å²) in [7, 11) is 2.03. The van der Waals surface area contributed by atoms with Crippen LogP contribution in [0.4, 0.5) is 5.69 Å². The first kappa shape index (κ1) is 15.1. The molecule has 0 atom stereocenters. The first-order valence-corrected chi connectivity index (χ1v) is 6.14. The minimum absolute atomic E-state index is 0.318. The molecule has 2 heterocycles. The number of nitrogens with zero attached hydrogens (tertiary/aromatic N) is 2. The van der Waals surface area contributed by atoms with Gasteiger partial charge in [0, 0.05) is 31.0 Å². The normalized spacial score (nSPS) is 13.2. The third kappa shape index (κ3) is 4.35. The van der Waals surface area contributed by atoms with E-state index in [4.69, 9.17) is 0 Å². The van der Waals surface area contributed by atoms with E-state index in [-0.39, 0.29) is 5.60 Å². The number of anilines is 1. The Hall–Kier alpha value is -1.91. The molecule has 5 nitrogen and oxygen atoms in total. The van der Waals surface area contributed by atoms with Gasteiger partial charge in [-0.3, -0.25) is 14.6 Å². The molecular weight excluding hydrogens is 244 g/mol. The van der Waals surface area contributed by atoms with Gasteiger partial charge in [0.2, 0.25) is 0 Å². The number of likely N-dealkylation sites (N-methyl/N-ethyl adjacent to an activating group) is 1. The molecule has 0 bridgehead atoms. The van der Waals surface area contributed by atoms with E-state index < -0.39 is 0 Å². The molecule has 1 aromatic rings. The Morgan fingerprint density at radius 1 is 1.37 bits per heavy atom. The number of fused-ring (bicyclic) bond motifs is 1. The largest absolute Gasteiger partial charge is 0.462 e. The molecule has 1 aliphatic heterocycles. The fourth-order valence-corrected chi connectivity index (χ4v) is 1.76. The van der Waals surface area contributed by atoms with Gasteiger partial charge >= 0.3 is 0 Å². The lowest BCUT2D eigenvalue weighted by Crippen LogP contribution is -2.17. The Kier molecular flexibility index (Phi) is 5.03. The predicted molar refractivity (Wildman–Crippen MR) is 73.5 cm³/mol. The van der Waals surface area contributed by atoms with Gasteiger partial charge in [-0.1, -0.05) is 0 Å². The predicted octanol–water partition coefficient (Wildman–Crippen LogP) is 1.84. The van der Waals surface area contributed by atoms with Crippen LogP contribution in [0.3, 0.4) is 0 Å². The van der Waals surface area contributed by atoms with Crippen molar-refractivity contribution in [3.8, 4) is 0 Å². The summed E-state index contributed by atoms with van der Waals surface area (Å²) >= 11 is 0.